The van der Waals surface area contributed by atoms with Crippen LogP contribution in [0.15, 0.2) is 69.0 Å². The number of hydrogen-bond donors (Lipinski definition) is 1. The number of aromatic nitrogens is 2. The van der Waals surface area contributed by atoms with Crippen LogP contribution in [0.25, 0.3) is 16.1 Å². The summed E-state index contributed by atoms with van der Waals surface area (Å²) in [6.45, 7) is 7.27. The fourth-order valence-corrected chi connectivity index (χ4v) is 3.23. The number of halogens is 1. The molecular weight excluding hydrogens is 386 g/mol. The Kier molecular flexibility index (Phi) is 5.14. The molecule has 0 spiro atoms. The molecule has 0 saturated carbocycles. The second kappa shape index (κ2) is 7.47. The summed E-state index contributed by atoms with van der Waals surface area (Å²) in [5, 5.41) is 0.508. The van der Waals surface area contributed by atoms with Crippen LogP contribution in [-0.2, 0) is 5.75 Å². The number of nitrogens with one attached hydrogen (secondary N) is 1. The maximum Gasteiger partial charge on any atom is 0.276 e. The van der Waals surface area contributed by atoms with Gasteiger partial charge >= 0.3 is 0 Å². The van der Waals surface area contributed by atoms with Gasteiger partial charge in [-0.25, -0.2) is 9.83 Å². The molecule has 4 nitrogen and oxygen atoms in total. The Hall–Kier alpha value is -2.36. The molecule has 118 valence electrons. The summed E-state index contributed by atoms with van der Waals surface area (Å²) in [6.07, 6.45) is 0. The minimum atomic E-state index is -0.409. The van der Waals surface area contributed by atoms with Crippen molar-refractivity contribution in [2.45, 2.75) is 10.9 Å². The number of hydrogen-bond acceptors (Lipinski definition) is 3. The minimum absolute atomic E-state index is 0.0152. The molecule has 3 rings (SSSR count). The molecule has 0 radical (unpaired) electrons. The van der Waals surface area contributed by atoms with E-state index < -0.39 is 5.56 Å². The van der Waals surface area contributed by atoms with Crippen molar-refractivity contribution in [2.24, 2.45) is 0 Å². The minimum Gasteiger partial charge on any atom is -0.311 e. The van der Waals surface area contributed by atoms with Crippen LogP contribution in [0.3, 0.4) is 0 Å². The summed E-state index contributed by atoms with van der Waals surface area (Å²) >= 11 is 4.82. The van der Waals surface area contributed by atoms with Crippen molar-refractivity contribution in [1.29, 1.82) is 0 Å². The van der Waals surface area contributed by atoms with E-state index >= 15 is 0 Å². The molecule has 0 aliphatic heterocycles. The van der Waals surface area contributed by atoms with E-state index in [0.29, 0.717) is 16.6 Å². The Morgan fingerprint density at radius 3 is 2.50 bits per heavy atom. The normalized spacial score (nSPS) is 10.3. The zero-order valence-electron chi connectivity index (χ0n) is 12.5. The molecule has 1 heterocycles. The first-order chi connectivity index (χ1) is 11.7. The second-order valence-corrected chi connectivity index (χ2v) is 6.84. The first-order valence-corrected chi connectivity index (χ1v) is 8.89. The highest BCUT2D eigenvalue weighted by Crippen LogP contribution is 2.29. The van der Waals surface area contributed by atoms with Crippen LogP contribution in [0.1, 0.15) is 5.56 Å². The van der Waals surface area contributed by atoms with Crippen molar-refractivity contribution in [2.75, 3.05) is 0 Å². The van der Waals surface area contributed by atoms with Crippen molar-refractivity contribution < 1.29 is 0 Å². The van der Waals surface area contributed by atoms with Crippen LogP contribution in [0, 0.1) is 6.57 Å². The number of nitrogens with zero attached hydrogens (tertiary/aromatic N) is 2. The van der Waals surface area contributed by atoms with Crippen molar-refractivity contribution in [3.8, 4) is 11.3 Å². The van der Waals surface area contributed by atoms with E-state index in [4.69, 9.17) is 6.57 Å². The molecule has 0 aliphatic carbocycles. The molecule has 1 aromatic heterocycles. The molecule has 0 aliphatic rings. The number of aromatic amines is 1. The first kappa shape index (κ1) is 16.5. The highest BCUT2D eigenvalue weighted by molar-refractivity contribution is 9.10. The van der Waals surface area contributed by atoms with E-state index in [9.17, 15) is 4.79 Å². The van der Waals surface area contributed by atoms with Crippen LogP contribution in [0.4, 0.5) is 5.69 Å². The summed E-state index contributed by atoms with van der Waals surface area (Å²) in [5.74, 6) is 0.695. The molecule has 1 N–H and O–H groups in total. The van der Waals surface area contributed by atoms with Gasteiger partial charge in [-0.1, -0.05) is 70.2 Å². The molecule has 6 heteroatoms. The molecule has 0 amide bonds. The summed E-state index contributed by atoms with van der Waals surface area (Å²) in [6, 6.07) is 17.4. The Labute approximate surface area is 151 Å². The van der Waals surface area contributed by atoms with E-state index in [2.05, 4.69) is 30.7 Å². The van der Waals surface area contributed by atoms with Crippen LogP contribution in [-0.4, -0.2) is 9.97 Å². The van der Waals surface area contributed by atoms with Gasteiger partial charge in [-0.05, 0) is 23.3 Å². The molecule has 2 aromatic carbocycles. The van der Waals surface area contributed by atoms with E-state index in [1.165, 1.54) is 11.8 Å². The second-order valence-electron chi connectivity index (χ2n) is 4.96. The standard InChI is InChI=1S/C18H12BrN3OS/c1-20-16-15(13-7-9-14(19)10-8-13)21-18(22-17(16)23)24-11-12-5-3-2-4-6-12/h2-10H,11H2,(H,21,22,23). The maximum atomic E-state index is 12.2. The van der Waals surface area contributed by atoms with Crippen molar-refractivity contribution >= 4 is 33.4 Å². The number of thioether (sulfide) groups is 1. The maximum absolute atomic E-state index is 12.2. The lowest BCUT2D eigenvalue weighted by molar-refractivity contribution is 0.949. The molecule has 0 saturated heterocycles. The fourth-order valence-electron chi connectivity index (χ4n) is 2.15. The van der Waals surface area contributed by atoms with Gasteiger partial charge in [0, 0.05) is 10.2 Å². The molecule has 0 unspecified atom stereocenters. The smallest absolute Gasteiger partial charge is 0.276 e. The van der Waals surface area contributed by atoms with Crippen LogP contribution >= 0.6 is 27.7 Å². The monoisotopic (exact) mass is 397 g/mol. The highest BCUT2D eigenvalue weighted by Gasteiger charge is 2.14. The third-order valence-corrected chi connectivity index (χ3v) is 4.79. The zero-order chi connectivity index (χ0) is 16.9. The SMILES string of the molecule is [C-]#[N+]c1c(-c2ccc(Br)cc2)nc(SCc2ccccc2)[nH]c1=O. The van der Waals surface area contributed by atoms with E-state index in [-0.39, 0.29) is 5.69 Å². The summed E-state index contributed by atoms with van der Waals surface area (Å²) in [7, 11) is 0. The van der Waals surface area contributed by atoms with Gasteiger partial charge in [-0.2, -0.15) is 0 Å². The van der Waals surface area contributed by atoms with E-state index in [1.807, 2.05) is 54.6 Å². The lowest BCUT2D eigenvalue weighted by Gasteiger charge is -2.07. The van der Waals surface area contributed by atoms with Gasteiger partial charge in [0.25, 0.3) is 11.2 Å². The van der Waals surface area contributed by atoms with Crippen LogP contribution in [0.5, 0.6) is 0 Å². The van der Waals surface area contributed by atoms with Gasteiger partial charge in [0.15, 0.2) is 5.16 Å². The van der Waals surface area contributed by atoms with Gasteiger partial charge in [0.1, 0.15) is 0 Å². The van der Waals surface area contributed by atoms with Gasteiger partial charge in [-0.3, -0.25) is 4.79 Å². The van der Waals surface area contributed by atoms with Gasteiger partial charge < -0.3 is 4.98 Å². The number of benzene rings is 2. The molecule has 24 heavy (non-hydrogen) atoms. The fraction of sp³-hybridized carbons (Fsp3) is 0.0556. The molecule has 0 fully saturated rings. The van der Waals surface area contributed by atoms with Crippen molar-refractivity contribution in [3.05, 3.63) is 86.4 Å². The number of rotatable bonds is 4. The average molecular weight is 398 g/mol. The van der Waals surface area contributed by atoms with Crippen LogP contribution in [0.2, 0.25) is 0 Å². The largest absolute Gasteiger partial charge is 0.311 e. The Balaban J connectivity index is 1.96. The third kappa shape index (κ3) is 3.75. The van der Waals surface area contributed by atoms with Gasteiger partial charge in [0.2, 0.25) is 0 Å². The number of H-pyrrole nitrogens is 1. The summed E-state index contributed by atoms with van der Waals surface area (Å²) in [5.41, 5.74) is 1.91. The predicted molar refractivity (Wildman–Crippen MR) is 100 cm³/mol. The zero-order valence-corrected chi connectivity index (χ0v) is 14.9. The van der Waals surface area contributed by atoms with E-state index in [0.717, 1.165) is 15.6 Å². The molecule has 0 bridgehead atoms. The van der Waals surface area contributed by atoms with Gasteiger partial charge in [-0.15, -0.1) is 0 Å². The highest BCUT2D eigenvalue weighted by atomic mass is 79.9. The predicted octanol–water partition coefficient (Wildman–Crippen LogP) is 5.04. The summed E-state index contributed by atoms with van der Waals surface area (Å²) in [4.78, 5) is 22.8. The van der Waals surface area contributed by atoms with Crippen molar-refractivity contribution in [1.82, 2.24) is 9.97 Å². The van der Waals surface area contributed by atoms with Crippen molar-refractivity contribution in [3.63, 3.8) is 0 Å². The molecule has 0 atom stereocenters. The lowest BCUT2D eigenvalue weighted by Crippen LogP contribution is -2.09. The third-order valence-electron chi connectivity index (χ3n) is 3.32. The topological polar surface area (TPSA) is 50.1 Å². The Bertz CT molecular complexity index is 947. The molecular formula is C18H12BrN3OS. The quantitative estimate of drug-likeness (QED) is 0.381. The molecule has 3 aromatic rings. The first-order valence-electron chi connectivity index (χ1n) is 7.12. The average Bonchev–Trinajstić information content (AvgIpc) is 2.61. The van der Waals surface area contributed by atoms with Crippen LogP contribution < -0.4 is 5.56 Å². The van der Waals surface area contributed by atoms with E-state index in [1.54, 1.807) is 0 Å². The summed E-state index contributed by atoms with van der Waals surface area (Å²) < 4.78 is 0.930. The Morgan fingerprint density at radius 2 is 1.83 bits per heavy atom. The Morgan fingerprint density at radius 1 is 1.12 bits per heavy atom. The van der Waals surface area contributed by atoms with Gasteiger partial charge in [0.05, 0.1) is 12.3 Å². The lowest BCUT2D eigenvalue weighted by atomic mass is 10.1.